The molecule has 2 N–H and O–H groups in total. The molecule has 2 aromatic rings. The number of sulfonamides is 1. The van der Waals surface area contributed by atoms with E-state index in [4.69, 9.17) is 0 Å². The van der Waals surface area contributed by atoms with Crippen molar-refractivity contribution in [2.75, 3.05) is 13.1 Å². The molecule has 1 amide bonds. The highest BCUT2D eigenvalue weighted by Gasteiger charge is 2.44. The predicted molar refractivity (Wildman–Crippen MR) is 136 cm³/mol. The van der Waals surface area contributed by atoms with Gasteiger partial charge in [-0.05, 0) is 86.1 Å². The molecule has 0 saturated carbocycles. The fourth-order valence-electron chi connectivity index (χ4n) is 5.23. The van der Waals surface area contributed by atoms with Crippen LogP contribution in [0.1, 0.15) is 66.8 Å². The summed E-state index contributed by atoms with van der Waals surface area (Å²) in [6.45, 7) is 2.90. The summed E-state index contributed by atoms with van der Waals surface area (Å²) in [5.41, 5.74) is 1.85. The van der Waals surface area contributed by atoms with Crippen LogP contribution in [0.15, 0.2) is 47.4 Å². The number of benzene rings is 2. The highest BCUT2D eigenvalue weighted by molar-refractivity contribution is 7.89. The minimum Gasteiger partial charge on any atom is -0.349 e. The van der Waals surface area contributed by atoms with Crippen LogP contribution in [0.25, 0.3) is 0 Å². The van der Waals surface area contributed by atoms with Crippen LogP contribution in [0.3, 0.4) is 0 Å². The van der Waals surface area contributed by atoms with Crippen LogP contribution in [0.2, 0.25) is 0 Å². The zero-order chi connectivity index (χ0) is 29.1. The van der Waals surface area contributed by atoms with Gasteiger partial charge in [0.15, 0.2) is 0 Å². The number of aryl methyl sites for hydroxylation is 1. The van der Waals surface area contributed by atoms with E-state index < -0.39 is 57.2 Å². The Balaban J connectivity index is 1.42. The quantitative estimate of drug-likeness (QED) is 0.399. The highest BCUT2D eigenvalue weighted by Crippen LogP contribution is 2.33. The number of amides is 1. The normalized spacial score (nSPS) is 19.6. The Bertz CT molecular complexity index is 1290. The van der Waals surface area contributed by atoms with Gasteiger partial charge >= 0.3 is 12.4 Å². The number of likely N-dealkylation sites (tertiary alicyclic amines) is 1. The Morgan fingerprint density at radius 3 is 2.25 bits per heavy atom. The Labute approximate surface area is 229 Å². The van der Waals surface area contributed by atoms with Gasteiger partial charge < -0.3 is 5.32 Å². The van der Waals surface area contributed by atoms with E-state index in [0.717, 1.165) is 49.2 Å². The number of nitrogens with one attached hydrogen (secondary N) is 2. The lowest BCUT2D eigenvalue weighted by molar-refractivity contribution is -0.158. The first kappa shape index (κ1) is 30.3. The summed E-state index contributed by atoms with van der Waals surface area (Å²) in [6.07, 6.45) is -5.48. The third-order valence-corrected chi connectivity index (χ3v) is 8.77. The van der Waals surface area contributed by atoms with Gasteiger partial charge in [0.05, 0.1) is 22.9 Å². The number of rotatable bonds is 8. The largest absolute Gasteiger partial charge is 0.416 e. The molecule has 220 valence electrons. The molecule has 1 fully saturated rings. The monoisotopic (exact) mass is 591 g/mol. The molecule has 0 aromatic heterocycles. The molecule has 13 heteroatoms. The van der Waals surface area contributed by atoms with Crippen molar-refractivity contribution in [2.24, 2.45) is 0 Å². The smallest absolute Gasteiger partial charge is 0.349 e. The maximum absolute atomic E-state index is 13.7. The van der Waals surface area contributed by atoms with Crippen molar-refractivity contribution in [1.29, 1.82) is 0 Å². The molecule has 1 aliphatic carbocycles. The molecule has 4 rings (SSSR count). The third kappa shape index (κ3) is 7.76. The van der Waals surface area contributed by atoms with E-state index in [1.807, 2.05) is 12.1 Å². The van der Waals surface area contributed by atoms with Gasteiger partial charge in [-0.1, -0.05) is 24.6 Å². The van der Waals surface area contributed by atoms with Crippen molar-refractivity contribution < 1.29 is 39.6 Å². The van der Waals surface area contributed by atoms with E-state index in [1.165, 1.54) is 24.0 Å². The number of nitrogens with zero attached hydrogens (tertiary/aromatic N) is 1. The lowest BCUT2D eigenvalue weighted by atomic mass is 9.86. The first-order valence-corrected chi connectivity index (χ1v) is 14.6. The molecule has 6 nitrogen and oxygen atoms in total. The second-order valence-electron chi connectivity index (χ2n) is 10.3. The molecule has 1 heterocycles. The van der Waals surface area contributed by atoms with Gasteiger partial charge in [-0.2, -0.15) is 31.1 Å². The number of piperidine rings is 1. The summed E-state index contributed by atoms with van der Waals surface area (Å²) in [6, 6.07) is 4.72. The number of hydrogen-bond donors (Lipinski definition) is 2. The van der Waals surface area contributed by atoms with Gasteiger partial charge in [-0.3, -0.25) is 9.69 Å². The van der Waals surface area contributed by atoms with Crippen LogP contribution >= 0.6 is 0 Å². The van der Waals surface area contributed by atoms with E-state index in [-0.39, 0.29) is 0 Å². The average molecular weight is 592 g/mol. The molecule has 2 aliphatic rings. The van der Waals surface area contributed by atoms with Crippen LogP contribution in [0.4, 0.5) is 26.3 Å². The van der Waals surface area contributed by atoms with E-state index in [1.54, 1.807) is 0 Å². The average Bonchev–Trinajstić information content (AvgIpc) is 2.88. The lowest BCUT2D eigenvalue weighted by Gasteiger charge is -2.30. The SMILES string of the molecule is O=C(C[C@@H](NS(=O)(=O)c1ccc(C(F)(F)F)cc1)C(F)(F)F)N[C@@H]1CCCc2cc(CN3CCCCC3)ccc21. The Morgan fingerprint density at radius 1 is 0.950 bits per heavy atom. The molecule has 0 radical (unpaired) electrons. The Morgan fingerprint density at radius 2 is 1.62 bits per heavy atom. The first-order chi connectivity index (χ1) is 18.7. The molecule has 2 atom stereocenters. The maximum atomic E-state index is 13.7. The van der Waals surface area contributed by atoms with Crippen molar-refractivity contribution >= 4 is 15.9 Å². The molecular weight excluding hydrogens is 560 g/mol. The molecule has 0 spiro atoms. The summed E-state index contributed by atoms with van der Waals surface area (Å²) >= 11 is 0. The van der Waals surface area contributed by atoms with Crippen molar-refractivity contribution in [3.63, 3.8) is 0 Å². The number of alkyl halides is 6. The van der Waals surface area contributed by atoms with Crippen molar-refractivity contribution in [3.8, 4) is 0 Å². The van der Waals surface area contributed by atoms with Crippen LogP contribution < -0.4 is 10.0 Å². The van der Waals surface area contributed by atoms with Gasteiger partial charge in [0, 0.05) is 6.54 Å². The van der Waals surface area contributed by atoms with Gasteiger partial charge in [0.1, 0.15) is 6.04 Å². The second kappa shape index (κ2) is 12.1. The maximum Gasteiger partial charge on any atom is 0.416 e. The molecule has 1 aliphatic heterocycles. The summed E-state index contributed by atoms with van der Waals surface area (Å²) in [4.78, 5) is 14.3. The van der Waals surface area contributed by atoms with E-state index in [2.05, 4.69) is 16.3 Å². The molecule has 0 unspecified atom stereocenters. The lowest BCUT2D eigenvalue weighted by Crippen LogP contribution is -2.48. The number of halogens is 6. The number of carbonyl (C=O) groups is 1. The number of fused-ring (bicyclic) bond motifs is 1. The minimum atomic E-state index is -5.12. The molecule has 2 aromatic carbocycles. The molecular formula is C27H31F6N3O3S. The van der Waals surface area contributed by atoms with Crippen LogP contribution in [-0.4, -0.2) is 44.5 Å². The van der Waals surface area contributed by atoms with Crippen LogP contribution in [0, 0.1) is 0 Å². The van der Waals surface area contributed by atoms with Crippen molar-refractivity contribution in [1.82, 2.24) is 14.9 Å². The van der Waals surface area contributed by atoms with E-state index in [9.17, 15) is 39.6 Å². The molecule has 1 saturated heterocycles. The minimum absolute atomic E-state index is 0.461. The Hall–Kier alpha value is -2.64. The van der Waals surface area contributed by atoms with E-state index in [0.29, 0.717) is 30.7 Å². The van der Waals surface area contributed by atoms with Gasteiger partial charge in [0.2, 0.25) is 15.9 Å². The number of hydrogen-bond acceptors (Lipinski definition) is 4. The number of carbonyl (C=O) groups excluding carboxylic acids is 1. The van der Waals surface area contributed by atoms with Gasteiger partial charge in [0.25, 0.3) is 0 Å². The molecule has 0 bridgehead atoms. The van der Waals surface area contributed by atoms with E-state index >= 15 is 0 Å². The summed E-state index contributed by atoms with van der Waals surface area (Å²) in [7, 11) is -4.87. The summed E-state index contributed by atoms with van der Waals surface area (Å²) < 4.78 is 106. The van der Waals surface area contributed by atoms with Crippen LogP contribution in [0.5, 0.6) is 0 Å². The zero-order valence-corrected chi connectivity index (χ0v) is 22.4. The Kier molecular flexibility index (Phi) is 9.15. The van der Waals surface area contributed by atoms with Crippen molar-refractivity contribution in [3.05, 3.63) is 64.7 Å². The molecule has 40 heavy (non-hydrogen) atoms. The highest BCUT2D eigenvalue weighted by atomic mass is 32.2. The van der Waals surface area contributed by atoms with Gasteiger partial charge in [-0.25, -0.2) is 8.42 Å². The van der Waals surface area contributed by atoms with Crippen LogP contribution in [-0.2, 0) is 34.0 Å². The third-order valence-electron chi connectivity index (χ3n) is 7.29. The van der Waals surface area contributed by atoms with Gasteiger partial charge in [-0.15, -0.1) is 0 Å². The predicted octanol–water partition coefficient (Wildman–Crippen LogP) is 5.48. The topological polar surface area (TPSA) is 78.5 Å². The summed E-state index contributed by atoms with van der Waals surface area (Å²) in [5, 5.41) is 2.62. The first-order valence-electron chi connectivity index (χ1n) is 13.1. The zero-order valence-electron chi connectivity index (χ0n) is 21.6. The van der Waals surface area contributed by atoms with Crippen molar-refractivity contribution in [2.45, 2.75) is 80.8 Å². The summed E-state index contributed by atoms with van der Waals surface area (Å²) in [5.74, 6) is -0.993. The fraction of sp³-hybridized carbons (Fsp3) is 0.519. The standard InChI is InChI=1S/C27H31F6N3O3S/c28-26(29,30)20-8-10-21(11-9-20)40(38,39)35-24(27(31,32)33)16-25(37)34-23-6-4-5-19-15-18(7-12-22(19)23)17-36-13-2-1-3-14-36/h7-12,15,23-24,35H,1-6,13-14,16-17H2,(H,34,37)/t23-,24-/m1/s1. The fourth-order valence-corrected chi connectivity index (χ4v) is 6.45. The second-order valence-corrected chi connectivity index (χ2v) is 12.0.